The van der Waals surface area contributed by atoms with Gasteiger partial charge in [0, 0.05) is 13.2 Å². The first kappa shape index (κ1) is 28.1. The number of benzene rings is 1. The van der Waals surface area contributed by atoms with E-state index in [2.05, 4.69) is 14.9 Å². The molecular formula is C30H30F3N5O4. The summed E-state index contributed by atoms with van der Waals surface area (Å²) in [6, 6.07) is 11.3. The Morgan fingerprint density at radius 2 is 1.90 bits per heavy atom. The fourth-order valence-corrected chi connectivity index (χ4v) is 5.40. The second kappa shape index (κ2) is 11.0. The molecule has 2 aliphatic heterocycles. The van der Waals surface area contributed by atoms with Crippen molar-refractivity contribution in [3.63, 3.8) is 0 Å². The molecule has 42 heavy (non-hydrogen) atoms. The normalized spacial score (nSPS) is 19.0. The molecule has 12 heteroatoms. The Labute approximate surface area is 239 Å². The fourth-order valence-electron chi connectivity index (χ4n) is 5.40. The first-order valence-electron chi connectivity index (χ1n) is 13.8. The number of rotatable bonds is 8. The molecule has 2 aliphatic rings. The SMILES string of the molecule is Cc1ccc(COc2nc3c(cc2C(F)(F)F)CCN(Cc2nc4ccc(C(=O)O)nc4n2C[C@@H]2CCO2)[C@H]3C)cc1. The molecule has 0 spiro atoms. The summed E-state index contributed by atoms with van der Waals surface area (Å²) in [7, 11) is 0. The zero-order valence-electron chi connectivity index (χ0n) is 23.2. The van der Waals surface area contributed by atoms with Crippen LogP contribution in [-0.2, 0) is 37.0 Å². The molecule has 1 fully saturated rings. The number of halogens is 3. The topological polar surface area (TPSA) is 103 Å². The van der Waals surface area contributed by atoms with Crippen molar-refractivity contribution in [2.24, 2.45) is 0 Å². The van der Waals surface area contributed by atoms with Crippen LogP contribution in [0.3, 0.4) is 0 Å². The number of aryl methyl sites for hydroxylation is 1. The molecule has 5 heterocycles. The molecule has 6 rings (SSSR count). The standard InChI is InChI=1S/C30H30F3N5O4/c1-17-3-5-19(6-4-17)16-42-28-22(30(31,32)33)13-20-9-11-37(18(2)26(20)36-28)15-25-34-23-7-8-24(29(39)40)35-27(23)38(25)14-21-10-12-41-21/h3-8,13,18,21H,9-12,14-16H2,1-2H3,(H,39,40)/t18-,21-/m0/s1. The Balaban J connectivity index is 1.30. The number of hydrogen-bond donors (Lipinski definition) is 1. The molecule has 0 unspecified atom stereocenters. The molecule has 0 saturated carbocycles. The fraction of sp³-hybridized carbons (Fsp3) is 0.400. The van der Waals surface area contributed by atoms with Crippen molar-refractivity contribution in [2.75, 3.05) is 13.2 Å². The molecule has 220 valence electrons. The minimum absolute atomic E-state index is 0.0216. The number of alkyl halides is 3. The van der Waals surface area contributed by atoms with E-state index >= 15 is 0 Å². The zero-order chi connectivity index (χ0) is 29.6. The summed E-state index contributed by atoms with van der Waals surface area (Å²) in [6.45, 7) is 5.81. The molecule has 0 aliphatic carbocycles. The quantitative estimate of drug-likeness (QED) is 0.298. The number of carboxylic acid groups (broad SMARTS) is 1. The van der Waals surface area contributed by atoms with Crippen LogP contribution in [0.4, 0.5) is 13.2 Å². The molecule has 2 atom stereocenters. The van der Waals surface area contributed by atoms with Gasteiger partial charge in [-0.1, -0.05) is 29.8 Å². The van der Waals surface area contributed by atoms with Crippen molar-refractivity contribution in [1.29, 1.82) is 0 Å². The summed E-state index contributed by atoms with van der Waals surface area (Å²) in [4.78, 5) is 27.2. The maximum absolute atomic E-state index is 14.0. The van der Waals surface area contributed by atoms with Crippen molar-refractivity contribution >= 4 is 17.1 Å². The van der Waals surface area contributed by atoms with Gasteiger partial charge in [-0.05, 0) is 56.0 Å². The third-order valence-corrected chi connectivity index (χ3v) is 7.93. The molecule has 0 amide bonds. The monoisotopic (exact) mass is 581 g/mol. The lowest BCUT2D eigenvalue weighted by atomic mass is 9.97. The predicted molar refractivity (Wildman–Crippen MR) is 146 cm³/mol. The zero-order valence-corrected chi connectivity index (χ0v) is 23.2. The van der Waals surface area contributed by atoms with Gasteiger partial charge in [-0.15, -0.1) is 0 Å². The van der Waals surface area contributed by atoms with E-state index in [1.165, 1.54) is 12.1 Å². The highest BCUT2D eigenvalue weighted by atomic mass is 19.4. The van der Waals surface area contributed by atoms with Crippen LogP contribution < -0.4 is 4.74 Å². The number of hydrogen-bond acceptors (Lipinski definition) is 7. The number of nitrogens with zero attached hydrogens (tertiary/aromatic N) is 5. The Kier molecular flexibility index (Phi) is 7.36. The summed E-state index contributed by atoms with van der Waals surface area (Å²) in [5.41, 5.74) is 2.94. The first-order valence-corrected chi connectivity index (χ1v) is 13.8. The van der Waals surface area contributed by atoms with E-state index in [-0.39, 0.29) is 24.4 Å². The molecule has 0 bridgehead atoms. The molecule has 1 N–H and O–H groups in total. The second-order valence-corrected chi connectivity index (χ2v) is 10.8. The molecule has 1 aromatic carbocycles. The highest BCUT2D eigenvalue weighted by Gasteiger charge is 2.38. The van der Waals surface area contributed by atoms with E-state index in [1.807, 2.05) is 42.7 Å². The van der Waals surface area contributed by atoms with Gasteiger partial charge in [0.25, 0.3) is 0 Å². The lowest BCUT2D eigenvalue weighted by Gasteiger charge is -2.35. The number of aromatic nitrogens is 4. The third kappa shape index (κ3) is 5.56. The number of carboxylic acids is 1. The molecule has 9 nitrogen and oxygen atoms in total. The van der Waals surface area contributed by atoms with Crippen LogP contribution in [0.15, 0.2) is 42.5 Å². The van der Waals surface area contributed by atoms with Crippen LogP contribution in [0.1, 0.15) is 63.6 Å². The van der Waals surface area contributed by atoms with Gasteiger partial charge in [-0.3, -0.25) is 4.90 Å². The van der Waals surface area contributed by atoms with E-state index in [0.717, 1.165) is 17.5 Å². The lowest BCUT2D eigenvalue weighted by Crippen LogP contribution is -2.36. The van der Waals surface area contributed by atoms with Crippen LogP contribution in [0.5, 0.6) is 5.88 Å². The molecule has 1 saturated heterocycles. The molecular weight excluding hydrogens is 551 g/mol. The minimum Gasteiger partial charge on any atom is -0.477 e. The maximum Gasteiger partial charge on any atom is 0.421 e. The highest BCUT2D eigenvalue weighted by molar-refractivity contribution is 5.88. The maximum atomic E-state index is 14.0. The number of ether oxygens (including phenoxy) is 2. The second-order valence-electron chi connectivity index (χ2n) is 10.8. The molecule has 4 aromatic rings. The summed E-state index contributed by atoms with van der Waals surface area (Å²) in [5.74, 6) is -0.888. The summed E-state index contributed by atoms with van der Waals surface area (Å²) < 4.78 is 55.3. The first-order chi connectivity index (χ1) is 20.1. The third-order valence-electron chi connectivity index (χ3n) is 7.93. The Morgan fingerprint density at radius 3 is 2.57 bits per heavy atom. The number of pyridine rings is 2. The summed E-state index contributed by atoms with van der Waals surface area (Å²) in [6.07, 6.45) is -3.38. The summed E-state index contributed by atoms with van der Waals surface area (Å²) in [5, 5.41) is 9.46. The molecule has 3 aromatic heterocycles. The Bertz CT molecular complexity index is 1630. The van der Waals surface area contributed by atoms with Crippen LogP contribution in [-0.4, -0.2) is 54.8 Å². The average Bonchev–Trinajstić information content (AvgIpc) is 3.27. The van der Waals surface area contributed by atoms with Crippen LogP contribution in [0.25, 0.3) is 11.2 Å². The van der Waals surface area contributed by atoms with E-state index in [0.29, 0.717) is 60.9 Å². The smallest absolute Gasteiger partial charge is 0.421 e. The van der Waals surface area contributed by atoms with Gasteiger partial charge in [-0.2, -0.15) is 13.2 Å². The van der Waals surface area contributed by atoms with Crippen LogP contribution in [0.2, 0.25) is 0 Å². The van der Waals surface area contributed by atoms with Crippen LogP contribution >= 0.6 is 0 Å². The van der Waals surface area contributed by atoms with E-state index in [9.17, 15) is 23.1 Å². The Hall–Kier alpha value is -4.03. The number of imidazole rings is 1. The highest BCUT2D eigenvalue weighted by Crippen LogP contribution is 2.40. The molecule has 0 radical (unpaired) electrons. The Morgan fingerprint density at radius 1 is 1.14 bits per heavy atom. The van der Waals surface area contributed by atoms with Gasteiger partial charge in [0.15, 0.2) is 11.3 Å². The lowest BCUT2D eigenvalue weighted by molar-refractivity contribution is -0.139. The average molecular weight is 582 g/mol. The van der Waals surface area contributed by atoms with Gasteiger partial charge in [0.1, 0.15) is 23.5 Å². The van der Waals surface area contributed by atoms with Gasteiger partial charge in [-0.25, -0.2) is 19.7 Å². The van der Waals surface area contributed by atoms with Gasteiger partial charge in [0.05, 0.1) is 30.9 Å². The van der Waals surface area contributed by atoms with Crippen molar-refractivity contribution in [3.05, 3.63) is 81.9 Å². The van der Waals surface area contributed by atoms with Crippen molar-refractivity contribution in [1.82, 2.24) is 24.4 Å². The van der Waals surface area contributed by atoms with Gasteiger partial charge in [0.2, 0.25) is 5.88 Å². The van der Waals surface area contributed by atoms with Crippen molar-refractivity contribution in [3.8, 4) is 5.88 Å². The summed E-state index contributed by atoms with van der Waals surface area (Å²) >= 11 is 0. The van der Waals surface area contributed by atoms with E-state index in [4.69, 9.17) is 14.5 Å². The number of carbonyl (C=O) groups is 1. The van der Waals surface area contributed by atoms with Crippen LogP contribution in [0, 0.1) is 6.92 Å². The number of fused-ring (bicyclic) bond motifs is 2. The number of aromatic carboxylic acids is 1. The van der Waals surface area contributed by atoms with Gasteiger partial charge >= 0.3 is 12.1 Å². The van der Waals surface area contributed by atoms with Gasteiger partial charge < -0.3 is 19.1 Å². The predicted octanol–water partition coefficient (Wildman–Crippen LogP) is 5.34. The van der Waals surface area contributed by atoms with Crippen molar-refractivity contribution in [2.45, 2.75) is 64.7 Å². The van der Waals surface area contributed by atoms with Crippen molar-refractivity contribution < 1.29 is 32.5 Å². The van der Waals surface area contributed by atoms with E-state index < -0.39 is 23.6 Å². The van der Waals surface area contributed by atoms with E-state index in [1.54, 1.807) is 6.07 Å². The minimum atomic E-state index is -4.61. The largest absolute Gasteiger partial charge is 0.477 e.